The van der Waals surface area contributed by atoms with Crippen LogP contribution in [0.5, 0.6) is 11.5 Å². The number of halogens is 2. The highest BCUT2D eigenvalue weighted by Gasteiger charge is 2.09. The van der Waals surface area contributed by atoms with E-state index < -0.39 is 17.5 Å². The molecule has 3 rings (SSSR count). The first-order valence-electron chi connectivity index (χ1n) is 9.05. The molecule has 0 aliphatic rings. The molecule has 4 nitrogen and oxygen atoms in total. The predicted molar refractivity (Wildman–Crippen MR) is 107 cm³/mol. The molecular formula is C23H20F2N2O2. The van der Waals surface area contributed by atoms with E-state index in [1.807, 2.05) is 50.2 Å². The van der Waals surface area contributed by atoms with Gasteiger partial charge in [-0.05, 0) is 61.9 Å². The lowest BCUT2D eigenvalue weighted by molar-refractivity contribution is -0.117. The van der Waals surface area contributed by atoms with Gasteiger partial charge in [-0.25, -0.2) is 8.78 Å². The summed E-state index contributed by atoms with van der Waals surface area (Å²) in [5, 5.41) is 2.81. The van der Waals surface area contributed by atoms with Crippen molar-refractivity contribution in [3.05, 3.63) is 95.3 Å². The Morgan fingerprint density at radius 3 is 2.66 bits per heavy atom. The Kier molecular flexibility index (Phi) is 6.34. The molecule has 1 atom stereocenters. The van der Waals surface area contributed by atoms with Crippen LogP contribution in [0.1, 0.15) is 29.8 Å². The number of aromatic nitrogens is 1. The number of carbonyl (C=O) groups excluding carboxylic acids is 1. The number of nitrogens with one attached hydrogen (secondary N) is 1. The number of amides is 1. The molecule has 1 amide bonds. The van der Waals surface area contributed by atoms with Gasteiger partial charge in [0.1, 0.15) is 23.1 Å². The van der Waals surface area contributed by atoms with Gasteiger partial charge in [-0.1, -0.05) is 12.1 Å². The van der Waals surface area contributed by atoms with Crippen LogP contribution in [0.4, 0.5) is 8.78 Å². The number of hydrogen-bond donors (Lipinski definition) is 1. The summed E-state index contributed by atoms with van der Waals surface area (Å²) < 4.78 is 32.4. The molecule has 0 unspecified atom stereocenters. The summed E-state index contributed by atoms with van der Waals surface area (Å²) in [7, 11) is 0. The molecule has 0 aliphatic carbocycles. The summed E-state index contributed by atoms with van der Waals surface area (Å²) in [5.74, 6) is -0.541. The van der Waals surface area contributed by atoms with Crippen LogP contribution < -0.4 is 10.1 Å². The first-order chi connectivity index (χ1) is 13.9. The van der Waals surface area contributed by atoms with E-state index in [1.54, 1.807) is 6.20 Å². The zero-order valence-corrected chi connectivity index (χ0v) is 16.0. The van der Waals surface area contributed by atoms with Gasteiger partial charge in [0.2, 0.25) is 5.91 Å². The molecule has 2 aromatic carbocycles. The van der Waals surface area contributed by atoms with Crippen molar-refractivity contribution in [3.63, 3.8) is 0 Å². The maximum atomic E-state index is 13.6. The van der Waals surface area contributed by atoms with Crippen LogP contribution in [0.15, 0.2) is 66.9 Å². The van der Waals surface area contributed by atoms with Crippen molar-refractivity contribution in [2.45, 2.75) is 19.9 Å². The number of carbonyl (C=O) groups is 1. The molecular weight excluding hydrogens is 374 g/mol. The minimum atomic E-state index is -0.724. The van der Waals surface area contributed by atoms with Gasteiger partial charge in [0.15, 0.2) is 0 Å². The lowest BCUT2D eigenvalue weighted by atomic mass is 10.1. The van der Waals surface area contributed by atoms with Crippen LogP contribution in [0.2, 0.25) is 0 Å². The Morgan fingerprint density at radius 2 is 1.93 bits per heavy atom. The molecule has 0 bridgehead atoms. The Balaban J connectivity index is 1.63. The molecule has 3 aromatic rings. The molecule has 148 valence electrons. The molecule has 0 fully saturated rings. The standard InChI is InChI=1S/C23H20F2N2O2/c1-15-6-10-21(14-26-15)29-20-5-3-4-18(12-20)16(2)27-23(28)11-8-17-7-9-19(24)13-22(17)25/h3-14,16H,1-2H3,(H,27,28)/b11-8+/t16-/m1/s1. The Hall–Kier alpha value is -3.54. The number of aryl methyl sites for hydroxylation is 1. The van der Waals surface area contributed by atoms with Gasteiger partial charge in [0.05, 0.1) is 12.2 Å². The highest BCUT2D eigenvalue weighted by atomic mass is 19.1. The van der Waals surface area contributed by atoms with Crippen molar-refractivity contribution in [3.8, 4) is 11.5 Å². The largest absolute Gasteiger partial charge is 0.456 e. The molecule has 0 saturated carbocycles. The van der Waals surface area contributed by atoms with Crippen LogP contribution in [-0.2, 0) is 4.79 Å². The molecule has 29 heavy (non-hydrogen) atoms. The van der Waals surface area contributed by atoms with E-state index >= 15 is 0 Å². The third-order valence-electron chi connectivity index (χ3n) is 4.21. The number of ether oxygens (including phenoxy) is 1. The van der Waals surface area contributed by atoms with Gasteiger partial charge in [-0.2, -0.15) is 0 Å². The molecule has 0 aliphatic heterocycles. The fourth-order valence-electron chi connectivity index (χ4n) is 2.65. The lowest BCUT2D eigenvalue weighted by Crippen LogP contribution is -2.24. The Bertz CT molecular complexity index is 1030. The van der Waals surface area contributed by atoms with Crippen LogP contribution in [0, 0.1) is 18.6 Å². The second kappa shape index (κ2) is 9.10. The summed E-state index contributed by atoms with van der Waals surface area (Å²) in [6, 6.07) is 13.9. The van der Waals surface area contributed by atoms with Gasteiger partial charge < -0.3 is 10.1 Å². The van der Waals surface area contributed by atoms with Gasteiger partial charge in [-0.15, -0.1) is 0 Å². The van der Waals surface area contributed by atoms with Gasteiger partial charge in [-0.3, -0.25) is 9.78 Å². The number of benzene rings is 2. The van der Waals surface area contributed by atoms with E-state index in [0.29, 0.717) is 11.5 Å². The third kappa shape index (κ3) is 5.72. The zero-order chi connectivity index (χ0) is 20.8. The number of pyridine rings is 1. The zero-order valence-electron chi connectivity index (χ0n) is 16.0. The van der Waals surface area contributed by atoms with Crippen molar-refractivity contribution >= 4 is 12.0 Å². The number of rotatable bonds is 6. The Morgan fingerprint density at radius 1 is 1.10 bits per heavy atom. The van der Waals surface area contributed by atoms with E-state index in [9.17, 15) is 13.6 Å². The molecule has 0 saturated heterocycles. The van der Waals surface area contributed by atoms with E-state index in [1.165, 1.54) is 18.2 Å². The second-order valence-corrected chi connectivity index (χ2v) is 6.54. The minimum Gasteiger partial charge on any atom is -0.456 e. The molecule has 1 aromatic heterocycles. The topological polar surface area (TPSA) is 51.2 Å². The smallest absolute Gasteiger partial charge is 0.244 e. The average Bonchev–Trinajstić information content (AvgIpc) is 2.69. The van der Waals surface area contributed by atoms with Crippen LogP contribution in [-0.4, -0.2) is 10.9 Å². The quantitative estimate of drug-likeness (QED) is 0.573. The SMILES string of the molecule is Cc1ccc(Oc2cccc([C@@H](C)NC(=O)/C=C/c3ccc(F)cc3F)c2)cn1. The molecule has 0 radical (unpaired) electrons. The van der Waals surface area contributed by atoms with Gasteiger partial charge >= 0.3 is 0 Å². The normalized spacial score (nSPS) is 12.0. The maximum absolute atomic E-state index is 13.6. The maximum Gasteiger partial charge on any atom is 0.244 e. The lowest BCUT2D eigenvalue weighted by Gasteiger charge is -2.14. The van der Waals surface area contributed by atoms with Gasteiger partial charge in [0.25, 0.3) is 0 Å². The highest BCUT2D eigenvalue weighted by molar-refractivity contribution is 5.92. The third-order valence-corrected chi connectivity index (χ3v) is 4.21. The average molecular weight is 394 g/mol. The van der Waals surface area contributed by atoms with E-state index in [4.69, 9.17) is 4.74 Å². The predicted octanol–water partition coefficient (Wildman–Crippen LogP) is 5.35. The Labute approximate surface area is 167 Å². The van der Waals surface area contributed by atoms with E-state index in [0.717, 1.165) is 23.4 Å². The van der Waals surface area contributed by atoms with Crippen molar-refractivity contribution in [1.82, 2.24) is 10.3 Å². The summed E-state index contributed by atoms with van der Waals surface area (Å²) in [4.78, 5) is 16.3. The van der Waals surface area contributed by atoms with Crippen molar-refractivity contribution < 1.29 is 18.3 Å². The van der Waals surface area contributed by atoms with Gasteiger partial charge in [0, 0.05) is 23.4 Å². The van der Waals surface area contributed by atoms with Crippen molar-refractivity contribution in [2.75, 3.05) is 0 Å². The van der Waals surface area contributed by atoms with Crippen LogP contribution >= 0.6 is 0 Å². The van der Waals surface area contributed by atoms with E-state index in [-0.39, 0.29) is 11.6 Å². The molecule has 0 spiro atoms. The van der Waals surface area contributed by atoms with Crippen molar-refractivity contribution in [2.24, 2.45) is 0 Å². The molecule has 1 N–H and O–H groups in total. The first kappa shape index (κ1) is 20.2. The number of nitrogens with zero attached hydrogens (tertiary/aromatic N) is 1. The monoisotopic (exact) mass is 394 g/mol. The second-order valence-electron chi connectivity index (χ2n) is 6.54. The van der Waals surface area contributed by atoms with Crippen molar-refractivity contribution in [1.29, 1.82) is 0 Å². The first-order valence-corrected chi connectivity index (χ1v) is 9.05. The molecule has 1 heterocycles. The summed E-state index contributed by atoms with van der Waals surface area (Å²) >= 11 is 0. The van der Waals surface area contributed by atoms with E-state index in [2.05, 4.69) is 10.3 Å². The highest BCUT2D eigenvalue weighted by Crippen LogP contribution is 2.24. The summed E-state index contributed by atoms with van der Waals surface area (Å²) in [5.41, 5.74) is 1.88. The minimum absolute atomic E-state index is 0.135. The van der Waals surface area contributed by atoms with Crippen LogP contribution in [0.25, 0.3) is 6.08 Å². The fraction of sp³-hybridized carbons (Fsp3) is 0.130. The summed E-state index contributed by atoms with van der Waals surface area (Å²) in [6.07, 6.45) is 4.17. The number of hydrogen-bond acceptors (Lipinski definition) is 3. The summed E-state index contributed by atoms with van der Waals surface area (Å²) in [6.45, 7) is 3.73. The van der Waals surface area contributed by atoms with Crippen LogP contribution in [0.3, 0.4) is 0 Å². The molecule has 6 heteroatoms. The fourth-order valence-corrected chi connectivity index (χ4v) is 2.65.